The Bertz CT molecular complexity index is 616. The molecule has 0 N–H and O–H groups in total. The summed E-state index contributed by atoms with van der Waals surface area (Å²) in [5, 5.41) is 0. The normalized spacial score (nSPS) is 10.4. The molecular weight excluding hydrogens is 266 g/mol. The van der Waals surface area contributed by atoms with Crippen LogP contribution in [0.4, 0.5) is 0 Å². The summed E-state index contributed by atoms with van der Waals surface area (Å²) in [4.78, 5) is 25.5. The van der Waals surface area contributed by atoms with Gasteiger partial charge in [-0.3, -0.25) is 9.59 Å². The average Bonchev–Trinajstić information content (AvgIpc) is 2.90. The zero-order valence-corrected chi connectivity index (χ0v) is 12.3. The molecule has 2 aromatic rings. The number of nitrogens with zero attached hydrogens (tertiary/aromatic N) is 1. The van der Waals surface area contributed by atoms with Gasteiger partial charge in [-0.2, -0.15) is 0 Å². The molecule has 0 spiro atoms. The van der Waals surface area contributed by atoms with E-state index in [1.807, 2.05) is 37.3 Å². The number of ketones is 1. The van der Waals surface area contributed by atoms with Crippen LogP contribution in [0.1, 0.15) is 34.7 Å². The van der Waals surface area contributed by atoms with Gasteiger partial charge in [0, 0.05) is 25.5 Å². The van der Waals surface area contributed by atoms with Crippen molar-refractivity contribution in [1.82, 2.24) is 4.90 Å². The van der Waals surface area contributed by atoms with Gasteiger partial charge in [0.25, 0.3) is 0 Å². The first-order valence-corrected chi connectivity index (χ1v) is 6.94. The van der Waals surface area contributed by atoms with E-state index >= 15 is 0 Å². The molecule has 21 heavy (non-hydrogen) atoms. The zero-order chi connectivity index (χ0) is 15.2. The van der Waals surface area contributed by atoms with E-state index in [0.29, 0.717) is 12.1 Å². The fourth-order valence-corrected chi connectivity index (χ4v) is 2.07. The Morgan fingerprint density at radius 1 is 1.05 bits per heavy atom. The van der Waals surface area contributed by atoms with Crippen molar-refractivity contribution < 1.29 is 14.0 Å². The lowest BCUT2D eigenvalue weighted by atomic mass is 10.1. The third kappa shape index (κ3) is 4.31. The van der Waals surface area contributed by atoms with Crippen LogP contribution in [0, 0.1) is 6.92 Å². The van der Waals surface area contributed by atoms with Crippen molar-refractivity contribution in [2.75, 3.05) is 7.05 Å². The molecule has 0 atom stereocenters. The van der Waals surface area contributed by atoms with E-state index in [0.717, 1.165) is 11.5 Å². The highest BCUT2D eigenvalue weighted by atomic mass is 16.3. The summed E-state index contributed by atoms with van der Waals surface area (Å²) < 4.78 is 5.44. The van der Waals surface area contributed by atoms with Gasteiger partial charge in [0.15, 0.2) is 5.78 Å². The highest BCUT2D eigenvalue weighted by Gasteiger charge is 2.14. The molecule has 0 radical (unpaired) electrons. The molecule has 0 aliphatic rings. The van der Waals surface area contributed by atoms with Crippen LogP contribution in [0.25, 0.3) is 0 Å². The Hall–Kier alpha value is -2.36. The first kappa shape index (κ1) is 15.0. The maximum Gasteiger partial charge on any atom is 0.223 e. The molecule has 1 aromatic carbocycles. The van der Waals surface area contributed by atoms with Gasteiger partial charge < -0.3 is 9.32 Å². The molecule has 4 nitrogen and oxygen atoms in total. The van der Waals surface area contributed by atoms with Crippen molar-refractivity contribution in [3.63, 3.8) is 0 Å². The lowest BCUT2D eigenvalue weighted by molar-refractivity contribution is -0.130. The predicted molar refractivity (Wildman–Crippen MR) is 79.9 cm³/mol. The Balaban J connectivity index is 1.82. The van der Waals surface area contributed by atoms with Crippen molar-refractivity contribution in [3.8, 4) is 0 Å². The van der Waals surface area contributed by atoms with Crippen LogP contribution in [-0.2, 0) is 11.3 Å². The van der Waals surface area contributed by atoms with Crippen LogP contribution in [0.15, 0.2) is 46.9 Å². The number of furan rings is 1. The van der Waals surface area contributed by atoms with Gasteiger partial charge in [-0.05, 0) is 19.1 Å². The second-order valence-corrected chi connectivity index (χ2v) is 5.05. The smallest absolute Gasteiger partial charge is 0.223 e. The van der Waals surface area contributed by atoms with E-state index in [4.69, 9.17) is 4.42 Å². The van der Waals surface area contributed by atoms with Crippen molar-refractivity contribution >= 4 is 11.7 Å². The molecule has 0 unspecified atom stereocenters. The molecule has 1 aromatic heterocycles. The number of hydrogen-bond donors (Lipinski definition) is 0. The lowest BCUT2D eigenvalue weighted by Gasteiger charge is -2.15. The second-order valence-electron chi connectivity index (χ2n) is 5.05. The average molecular weight is 285 g/mol. The minimum Gasteiger partial charge on any atom is -0.464 e. The van der Waals surface area contributed by atoms with Crippen molar-refractivity contribution in [1.29, 1.82) is 0 Å². The Labute approximate surface area is 124 Å². The molecule has 4 heteroatoms. The number of benzene rings is 1. The van der Waals surface area contributed by atoms with E-state index in [1.54, 1.807) is 24.1 Å². The Morgan fingerprint density at radius 2 is 1.76 bits per heavy atom. The standard InChI is InChI=1S/C17H19NO3/c1-13-8-9-15(21-13)12-18(2)17(20)11-10-16(19)14-6-4-3-5-7-14/h3-9H,10-12H2,1-2H3. The molecule has 0 aliphatic heterocycles. The number of hydrogen-bond acceptors (Lipinski definition) is 3. The first-order valence-electron chi connectivity index (χ1n) is 6.94. The number of rotatable bonds is 6. The highest BCUT2D eigenvalue weighted by molar-refractivity contribution is 5.97. The van der Waals surface area contributed by atoms with E-state index < -0.39 is 0 Å². The second kappa shape index (κ2) is 6.88. The molecule has 110 valence electrons. The minimum atomic E-state index is -0.0617. The molecule has 0 saturated heterocycles. The third-order valence-corrected chi connectivity index (χ3v) is 3.28. The van der Waals surface area contributed by atoms with Crippen LogP contribution in [0.3, 0.4) is 0 Å². The predicted octanol–water partition coefficient (Wildman–Crippen LogP) is 3.21. The maximum atomic E-state index is 12.0. The number of carbonyl (C=O) groups excluding carboxylic acids is 2. The summed E-state index contributed by atoms with van der Waals surface area (Å²) in [6, 6.07) is 12.8. The molecule has 1 heterocycles. The highest BCUT2D eigenvalue weighted by Crippen LogP contribution is 2.11. The number of amides is 1. The van der Waals surface area contributed by atoms with Gasteiger partial charge >= 0.3 is 0 Å². The quantitative estimate of drug-likeness (QED) is 0.766. The number of aryl methyl sites for hydroxylation is 1. The minimum absolute atomic E-state index is 0.00815. The van der Waals surface area contributed by atoms with Crippen molar-refractivity contribution in [3.05, 3.63) is 59.5 Å². The van der Waals surface area contributed by atoms with Gasteiger partial charge in [-0.25, -0.2) is 0 Å². The summed E-state index contributed by atoms with van der Waals surface area (Å²) in [6.07, 6.45) is 0.439. The Morgan fingerprint density at radius 3 is 2.38 bits per heavy atom. The monoisotopic (exact) mass is 285 g/mol. The van der Waals surface area contributed by atoms with Gasteiger partial charge in [0.05, 0.1) is 6.54 Å². The molecule has 1 amide bonds. The molecule has 0 fully saturated rings. The number of Topliss-reactive ketones (excluding diaryl/α,β-unsaturated/α-hetero) is 1. The summed E-state index contributed by atoms with van der Waals surface area (Å²) in [5.74, 6) is 1.50. The number of carbonyl (C=O) groups is 2. The van der Waals surface area contributed by atoms with Crippen molar-refractivity contribution in [2.24, 2.45) is 0 Å². The summed E-state index contributed by atoms with van der Waals surface area (Å²) >= 11 is 0. The SMILES string of the molecule is Cc1ccc(CN(C)C(=O)CCC(=O)c2ccccc2)o1. The van der Waals surface area contributed by atoms with Gasteiger partial charge in [-0.15, -0.1) is 0 Å². The zero-order valence-electron chi connectivity index (χ0n) is 12.3. The Kier molecular flexibility index (Phi) is 4.93. The van der Waals surface area contributed by atoms with Crippen LogP contribution >= 0.6 is 0 Å². The van der Waals surface area contributed by atoms with E-state index in [1.165, 1.54) is 0 Å². The summed E-state index contributed by atoms with van der Waals surface area (Å²) in [6.45, 7) is 2.29. The molecular formula is C17H19NO3. The van der Waals surface area contributed by atoms with Gasteiger partial charge in [0.1, 0.15) is 11.5 Å². The van der Waals surface area contributed by atoms with E-state index in [-0.39, 0.29) is 24.5 Å². The lowest BCUT2D eigenvalue weighted by Crippen LogP contribution is -2.26. The van der Waals surface area contributed by atoms with E-state index in [2.05, 4.69) is 0 Å². The van der Waals surface area contributed by atoms with Crippen LogP contribution in [0.5, 0.6) is 0 Å². The fourth-order valence-electron chi connectivity index (χ4n) is 2.07. The topological polar surface area (TPSA) is 50.5 Å². The fraction of sp³-hybridized carbons (Fsp3) is 0.294. The summed E-state index contributed by atoms with van der Waals surface area (Å²) in [5.41, 5.74) is 0.648. The molecule has 0 bridgehead atoms. The maximum absolute atomic E-state index is 12.0. The van der Waals surface area contributed by atoms with Gasteiger partial charge in [0.2, 0.25) is 5.91 Å². The van der Waals surface area contributed by atoms with E-state index in [9.17, 15) is 9.59 Å². The molecule has 0 saturated carbocycles. The van der Waals surface area contributed by atoms with Crippen LogP contribution in [0.2, 0.25) is 0 Å². The van der Waals surface area contributed by atoms with Crippen LogP contribution < -0.4 is 0 Å². The molecule has 2 rings (SSSR count). The molecule has 0 aliphatic carbocycles. The largest absolute Gasteiger partial charge is 0.464 e. The first-order chi connectivity index (χ1) is 10.1. The summed E-state index contributed by atoms with van der Waals surface area (Å²) in [7, 11) is 1.72. The third-order valence-electron chi connectivity index (χ3n) is 3.28. The van der Waals surface area contributed by atoms with Gasteiger partial charge in [-0.1, -0.05) is 30.3 Å². The van der Waals surface area contributed by atoms with Crippen molar-refractivity contribution in [2.45, 2.75) is 26.3 Å². The van der Waals surface area contributed by atoms with Crippen LogP contribution in [-0.4, -0.2) is 23.6 Å².